The molecular formula is C21H22FN3O3S. The molecule has 2 atom stereocenters. The van der Waals surface area contributed by atoms with Gasteiger partial charge in [0.25, 0.3) is 11.1 Å². The van der Waals surface area contributed by atoms with Crippen molar-refractivity contribution in [2.24, 2.45) is 0 Å². The molecule has 0 fully saturated rings. The van der Waals surface area contributed by atoms with E-state index in [0.29, 0.717) is 5.75 Å². The van der Waals surface area contributed by atoms with Crippen molar-refractivity contribution in [3.63, 3.8) is 0 Å². The van der Waals surface area contributed by atoms with Crippen LogP contribution in [0.25, 0.3) is 0 Å². The summed E-state index contributed by atoms with van der Waals surface area (Å²) in [6.45, 7) is 7.48. The van der Waals surface area contributed by atoms with Crippen LogP contribution < -0.4 is 10.1 Å². The fourth-order valence-corrected chi connectivity index (χ4v) is 3.28. The summed E-state index contributed by atoms with van der Waals surface area (Å²) in [5.74, 6) is 0.276. The zero-order valence-corrected chi connectivity index (χ0v) is 17.4. The van der Waals surface area contributed by atoms with E-state index < -0.39 is 11.4 Å². The molecule has 1 heterocycles. The Labute approximate surface area is 172 Å². The molecule has 0 saturated carbocycles. The average Bonchev–Trinajstić information content (AvgIpc) is 3.14. The minimum Gasteiger partial charge on any atom is -0.481 e. The third-order valence-corrected chi connectivity index (χ3v) is 5.12. The molecule has 0 aliphatic carbocycles. The number of hydrogen-bond donors (Lipinski definition) is 1. The maximum atomic E-state index is 13.0. The standard InChI is InChI=1S/C21H22FN3O3S/c1-12-5-10-18(13(2)11-12)23-19(26)15(4)29-21-25-24-20(28-21)14(3)27-17-8-6-16(22)7-9-17/h5-11,14-15H,1-4H3,(H,23,26)/t14-,15+/m0/s1. The number of carbonyl (C=O) groups excluding carboxylic acids is 1. The lowest BCUT2D eigenvalue weighted by molar-refractivity contribution is -0.115. The van der Waals surface area contributed by atoms with Gasteiger partial charge in [-0.25, -0.2) is 4.39 Å². The Morgan fingerprint density at radius 2 is 1.86 bits per heavy atom. The van der Waals surface area contributed by atoms with Crippen molar-refractivity contribution < 1.29 is 18.3 Å². The number of carbonyl (C=O) groups is 1. The number of aromatic nitrogens is 2. The number of thioether (sulfide) groups is 1. The zero-order valence-electron chi connectivity index (χ0n) is 16.6. The number of rotatable bonds is 7. The summed E-state index contributed by atoms with van der Waals surface area (Å²) in [4.78, 5) is 12.5. The van der Waals surface area contributed by atoms with Gasteiger partial charge in [0, 0.05) is 5.69 Å². The highest BCUT2D eigenvalue weighted by molar-refractivity contribution is 8.00. The van der Waals surface area contributed by atoms with Gasteiger partial charge < -0.3 is 14.5 Å². The van der Waals surface area contributed by atoms with E-state index in [2.05, 4.69) is 15.5 Å². The van der Waals surface area contributed by atoms with Crippen molar-refractivity contribution in [2.45, 2.75) is 44.3 Å². The van der Waals surface area contributed by atoms with Crippen LogP contribution in [0, 0.1) is 19.7 Å². The fraction of sp³-hybridized carbons (Fsp3) is 0.286. The molecule has 8 heteroatoms. The molecule has 0 saturated heterocycles. The molecule has 3 rings (SSSR count). The Hall–Kier alpha value is -2.87. The number of nitrogens with one attached hydrogen (secondary N) is 1. The Kier molecular flexibility index (Phi) is 6.53. The molecule has 0 radical (unpaired) electrons. The molecule has 152 valence electrons. The molecule has 1 amide bonds. The van der Waals surface area contributed by atoms with Crippen molar-refractivity contribution in [3.8, 4) is 5.75 Å². The molecule has 0 aliphatic heterocycles. The summed E-state index contributed by atoms with van der Waals surface area (Å²) in [6.07, 6.45) is -0.512. The molecule has 0 unspecified atom stereocenters. The van der Waals surface area contributed by atoms with Gasteiger partial charge in [0.1, 0.15) is 11.6 Å². The topological polar surface area (TPSA) is 77.2 Å². The minimum absolute atomic E-state index is 0.155. The lowest BCUT2D eigenvalue weighted by atomic mass is 10.1. The van der Waals surface area contributed by atoms with E-state index in [0.717, 1.165) is 16.8 Å². The summed E-state index contributed by atoms with van der Waals surface area (Å²) in [5.41, 5.74) is 2.92. The monoisotopic (exact) mass is 415 g/mol. The van der Waals surface area contributed by atoms with Crippen molar-refractivity contribution in [1.29, 1.82) is 0 Å². The number of halogens is 1. The normalized spacial score (nSPS) is 13.0. The van der Waals surface area contributed by atoms with E-state index in [9.17, 15) is 9.18 Å². The minimum atomic E-state index is -0.512. The highest BCUT2D eigenvalue weighted by Crippen LogP contribution is 2.27. The number of hydrogen-bond acceptors (Lipinski definition) is 6. The lowest BCUT2D eigenvalue weighted by Crippen LogP contribution is -2.22. The number of aryl methyl sites for hydroxylation is 2. The second-order valence-corrected chi connectivity index (χ2v) is 7.98. The second kappa shape index (κ2) is 9.09. The predicted molar refractivity (Wildman–Crippen MR) is 110 cm³/mol. The summed E-state index contributed by atoms with van der Waals surface area (Å²) in [7, 11) is 0. The first-order chi connectivity index (χ1) is 13.8. The Morgan fingerprint density at radius 1 is 1.14 bits per heavy atom. The third kappa shape index (κ3) is 5.57. The van der Waals surface area contributed by atoms with E-state index >= 15 is 0 Å². The van der Waals surface area contributed by atoms with Crippen molar-refractivity contribution in [2.75, 3.05) is 5.32 Å². The maximum absolute atomic E-state index is 13.0. The fourth-order valence-electron chi connectivity index (χ4n) is 2.59. The molecule has 1 N–H and O–H groups in total. The zero-order chi connectivity index (χ0) is 21.0. The largest absolute Gasteiger partial charge is 0.481 e. The number of benzene rings is 2. The van der Waals surface area contributed by atoms with Crippen LogP contribution in [0.4, 0.5) is 10.1 Å². The van der Waals surface area contributed by atoms with Crippen LogP contribution in [-0.4, -0.2) is 21.4 Å². The van der Waals surface area contributed by atoms with E-state index in [-0.39, 0.29) is 22.8 Å². The Morgan fingerprint density at radius 3 is 2.55 bits per heavy atom. The SMILES string of the molecule is Cc1ccc(NC(=O)[C@@H](C)Sc2nnc([C@H](C)Oc3ccc(F)cc3)o2)c(C)c1. The molecule has 1 aromatic heterocycles. The molecule has 3 aromatic rings. The van der Waals surface area contributed by atoms with Gasteiger partial charge in [-0.05, 0) is 63.6 Å². The van der Waals surface area contributed by atoms with Crippen molar-refractivity contribution >= 4 is 23.4 Å². The number of anilines is 1. The van der Waals surface area contributed by atoms with Crippen LogP contribution in [0.15, 0.2) is 52.1 Å². The quantitative estimate of drug-likeness (QED) is 0.542. The van der Waals surface area contributed by atoms with Crippen LogP contribution in [0.1, 0.15) is 37.0 Å². The Balaban J connectivity index is 1.58. The van der Waals surface area contributed by atoms with Gasteiger partial charge in [-0.3, -0.25) is 4.79 Å². The lowest BCUT2D eigenvalue weighted by Gasteiger charge is -2.12. The molecule has 29 heavy (non-hydrogen) atoms. The maximum Gasteiger partial charge on any atom is 0.277 e. The van der Waals surface area contributed by atoms with Crippen LogP contribution in [0.3, 0.4) is 0 Å². The van der Waals surface area contributed by atoms with Gasteiger partial charge in [-0.15, -0.1) is 10.2 Å². The third-order valence-electron chi connectivity index (χ3n) is 4.18. The first kappa shape index (κ1) is 20.9. The van der Waals surface area contributed by atoms with Crippen LogP contribution in [-0.2, 0) is 4.79 Å². The van der Waals surface area contributed by atoms with Gasteiger partial charge >= 0.3 is 0 Å². The van der Waals surface area contributed by atoms with E-state index in [1.807, 2.05) is 32.0 Å². The van der Waals surface area contributed by atoms with E-state index in [1.54, 1.807) is 13.8 Å². The van der Waals surface area contributed by atoms with Crippen LogP contribution in [0.5, 0.6) is 5.75 Å². The van der Waals surface area contributed by atoms with Crippen LogP contribution in [0.2, 0.25) is 0 Å². The van der Waals surface area contributed by atoms with Gasteiger partial charge in [0.15, 0.2) is 6.10 Å². The predicted octanol–water partition coefficient (Wildman–Crippen LogP) is 5.08. The average molecular weight is 415 g/mol. The molecule has 0 bridgehead atoms. The van der Waals surface area contributed by atoms with Gasteiger partial charge in [0.05, 0.1) is 5.25 Å². The second-order valence-electron chi connectivity index (χ2n) is 6.69. The first-order valence-corrected chi connectivity index (χ1v) is 10.00. The van der Waals surface area contributed by atoms with Crippen molar-refractivity contribution in [1.82, 2.24) is 10.2 Å². The first-order valence-electron chi connectivity index (χ1n) is 9.12. The Bertz CT molecular complexity index is 991. The summed E-state index contributed by atoms with van der Waals surface area (Å²) >= 11 is 1.17. The number of ether oxygens (including phenoxy) is 1. The highest BCUT2D eigenvalue weighted by atomic mass is 32.2. The highest BCUT2D eigenvalue weighted by Gasteiger charge is 2.21. The van der Waals surface area contributed by atoms with Gasteiger partial charge in [-0.2, -0.15) is 0 Å². The molecule has 0 spiro atoms. The molecule has 6 nitrogen and oxygen atoms in total. The smallest absolute Gasteiger partial charge is 0.277 e. The summed E-state index contributed by atoms with van der Waals surface area (Å²) in [5, 5.41) is 10.7. The van der Waals surface area contributed by atoms with E-state index in [4.69, 9.17) is 9.15 Å². The number of amides is 1. The van der Waals surface area contributed by atoms with Crippen molar-refractivity contribution in [3.05, 3.63) is 65.3 Å². The number of nitrogens with zero attached hydrogens (tertiary/aromatic N) is 2. The summed E-state index contributed by atoms with van der Waals surface area (Å²) in [6, 6.07) is 11.5. The van der Waals surface area contributed by atoms with Gasteiger partial charge in [-0.1, -0.05) is 29.5 Å². The molecule has 0 aliphatic rings. The molecule has 2 aromatic carbocycles. The molecular weight excluding hydrogens is 393 g/mol. The summed E-state index contributed by atoms with van der Waals surface area (Å²) < 4.78 is 24.3. The van der Waals surface area contributed by atoms with Crippen LogP contribution >= 0.6 is 11.8 Å². The van der Waals surface area contributed by atoms with E-state index in [1.165, 1.54) is 36.0 Å². The van der Waals surface area contributed by atoms with Gasteiger partial charge in [0.2, 0.25) is 5.91 Å².